The summed E-state index contributed by atoms with van der Waals surface area (Å²) in [5.74, 6) is 1.99. The number of aliphatic imine (C=N–C) groups is 1. The summed E-state index contributed by atoms with van der Waals surface area (Å²) < 4.78 is 11.8. The lowest BCUT2D eigenvalue weighted by Gasteiger charge is -2.37. The van der Waals surface area contributed by atoms with E-state index in [1.807, 2.05) is 17.8 Å². The van der Waals surface area contributed by atoms with Gasteiger partial charge in [0.15, 0.2) is 5.96 Å². The molecule has 0 spiro atoms. The topological polar surface area (TPSA) is 46.1 Å². The van der Waals surface area contributed by atoms with Crippen molar-refractivity contribution in [2.24, 2.45) is 4.99 Å². The van der Waals surface area contributed by atoms with E-state index in [1.54, 1.807) is 0 Å². The van der Waals surface area contributed by atoms with Crippen LogP contribution < -0.4 is 5.32 Å². The van der Waals surface area contributed by atoms with Crippen LogP contribution in [0.2, 0.25) is 0 Å². The van der Waals surface area contributed by atoms with Gasteiger partial charge in [0.1, 0.15) is 6.10 Å². The number of ether oxygens (including phenoxy) is 2. The van der Waals surface area contributed by atoms with Gasteiger partial charge in [-0.15, -0.1) is 11.8 Å². The molecule has 2 aliphatic rings. The van der Waals surface area contributed by atoms with Crippen LogP contribution in [0.4, 0.5) is 0 Å². The quantitative estimate of drug-likeness (QED) is 0.364. The van der Waals surface area contributed by atoms with Crippen molar-refractivity contribution in [3.63, 3.8) is 0 Å². The number of morpholine rings is 1. The molecule has 0 bridgehead atoms. The third-order valence-electron chi connectivity index (χ3n) is 4.47. The number of nitrogens with one attached hydrogen (secondary N) is 1. The molecule has 0 amide bonds. The Morgan fingerprint density at radius 3 is 2.84 bits per heavy atom. The lowest BCUT2D eigenvalue weighted by Crippen LogP contribution is -2.53. The number of rotatable bonds is 6. The van der Waals surface area contributed by atoms with Gasteiger partial charge in [-0.1, -0.05) is 18.2 Å². The van der Waals surface area contributed by atoms with E-state index in [-0.39, 0.29) is 12.2 Å². The summed E-state index contributed by atoms with van der Waals surface area (Å²) in [6, 6.07) is 10.5. The lowest BCUT2D eigenvalue weighted by atomic mass is 10.1. The first-order chi connectivity index (χ1) is 12.4. The van der Waals surface area contributed by atoms with Crippen molar-refractivity contribution < 1.29 is 9.47 Å². The molecule has 0 radical (unpaired) electrons. The van der Waals surface area contributed by atoms with Crippen LogP contribution in [-0.4, -0.2) is 68.2 Å². The average molecular weight is 364 g/mol. The van der Waals surface area contributed by atoms with Gasteiger partial charge in [0.25, 0.3) is 0 Å². The van der Waals surface area contributed by atoms with E-state index in [4.69, 9.17) is 14.5 Å². The second-order valence-electron chi connectivity index (χ2n) is 6.30. The van der Waals surface area contributed by atoms with Crippen molar-refractivity contribution in [2.45, 2.75) is 36.9 Å². The summed E-state index contributed by atoms with van der Waals surface area (Å²) in [6.07, 6.45) is 2.67. The van der Waals surface area contributed by atoms with Crippen molar-refractivity contribution >= 4 is 17.7 Å². The highest BCUT2D eigenvalue weighted by Crippen LogP contribution is 2.21. The first kappa shape index (κ1) is 18.5. The predicted octanol–water partition coefficient (Wildman–Crippen LogP) is 2.62. The number of hydrogen-bond donors (Lipinski definition) is 1. The molecule has 1 aromatic carbocycles. The number of thioether (sulfide) groups is 1. The van der Waals surface area contributed by atoms with Gasteiger partial charge < -0.3 is 19.7 Å². The monoisotopic (exact) mass is 363 g/mol. The number of benzene rings is 1. The van der Waals surface area contributed by atoms with Crippen molar-refractivity contribution in [2.75, 3.05) is 45.1 Å². The first-order valence-corrected chi connectivity index (χ1v) is 10.3. The molecule has 2 atom stereocenters. The van der Waals surface area contributed by atoms with Crippen LogP contribution >= 0.6 is 11.8 Å². The Labute approximate surface area is 155 Å². The minimum Gasteiger partial charge on any atom is -0.375 e. The summed E-state index contributed by atoms with van der Waals surface area (Å²) in [4.78, 5) is 8.45. The molecule has 2 heterocycles. The molecule has 2 aliphatic heterocycles. The molecule has 1 N–H and O–H groups in total. The first-order valence-electron chi connectivity index (χ1n) is 9.31. The maximum Gasteiger partial charge on any atom is 0.194 e. The van der Waals surface area contributed by atoms with Gasteiger partial charge in [-0.05, 0) is 31.9 Å². The zero-order chi connectivity index (χ0) is 17.3. The summed E-state index contributed by atoms with van der Waals surface area (Å²) in [6.45, 7) is 7.18. The minimum absolute atomic E-state index is 0.166. The van der Waals surface area contributed by atoms with Crippen LogP contribution in [0, 0.1) is 0 Å². The molecule has 25 heavy (non-hydrogen) atoms. The number of nitrogens with zero attached hydrogens (tertiary/aromatic N) is 2. The number of guanidine groups is 1. The van der Waals surface area contributed by atoms with E-state index in [0.717, 1.165) is 63.9 Å². The van der Waals surface area contributed by atoms with Crippen molar-refractivity contribution in [3.05, 3.63) is 30.3 Å². The van der Waals surface area contributed by atoms with Crippen LogP contribution in [0.15, 0.2) is 40.2 Å². The second kappa shape index (κ2) is 10.0. The Morgan fingerprint density at radius 2 is 2.08 bits per heavy atom. The summed E-state index contributed by atoms with van der Waals surface area (Å²) in [5, 5.41) is 3.43. The third-order valence-corrected chi connectivity index (χ3v) is 5.46. The molecule has 3 rings (SSSR count). The fourth-order valence-electron chi connectivity index (χ4n) is 3.25. The third kappa shape index (κ3) is 5.62. The van der Waals surface area contributed by atoms with Crippen LogP contribution in [-0.2, 0) is 9.47 Å². The predicted molar refractivity (Wildman–Crippen MR) is 103 cm³/mol. The van der Waals surface area contributed by atoms with Gasteiger partial charge in [-0.2, -0.15) is 0 Å². The molecule has 2 fully saturated rings. The van der Waals surface area contributed by atoms with Gasteiger partial charge in [-0.3, -0.25) is 4.99 Å². The van der Waals surface area contributed by atoms with Crippen LogP contribution in [0.5, 0.6) is 0 Å². The molecule has 0 aromatic heterocycles. The standard InChI is InChI=1S/C19H29N3O2S/c1-2-20-19(21-10-14-25-16-7-4-3-5-8-16)22-11-13-24-18(15-22)17-9-6-12-23-17/h3-5,7-8,17-18H,2,6,9-15H2,1H3,(H,20,21). The van der Waals surface area contributed by atoms with Crippen molar-refractivity contribution in [1.82, 2.24) is 10.2 Å². The fourth-order valence-corrected chi connectivity index (χ4v) is 4.01. The molecule has 0 saturated carbocycles. The highest BCUT2D eigenvalue weighted by molar-refractivity contribution is 7.99. The lowest BCUT2D eigenvalue weighted by molar-refractivity contribution is -0.0816. The minimum atomic E-state index is 0.166. The van der Waals surface area contributed by atoms with Gasteiger partial charge in [0.2, 0.25) is 0 Å². The Kier molecular flexibility index (Phi) is 7.45. The van der Waals surface area contributed by atoms with E-state index < -0.39 is 0 Å². The van der Waals surface area contributed by atoms with Gasteiger partial charge in [0, 0.05) is 36.9 Å². The second-order valence-corrected chi connectivity index (χ2v) is 7.47. The Hall–Kier alpha value is -1.24. The maximum atomic E-state index is 5.95. The zero-order valence-corrected chi connectivity index (χ0v) is 15.8. The average Bonchev–Trinajstić information content (AvgIpc) is 3.20. The summed E-state index contributed by atoms with van der Waals surface area (Å²) in [7, 11) is 0. The van der Waals surface area contributed by atoms with E-state index in [1.165, 1.54) is 4.90 Å². The summed E-state index contributed by atoms with van der Waals surface area (Å²) >= 11 is 1.85. The van der Waals surface area contributed by atoms with Crippen molar-refractivity contribution in [3.8, 4) is 0 Å². The van der Waals surface area contributed by atoms with Gasteiger partial charge in [0.05, 0.1) is 19.3 Å². The van der Waals surface area contributed by atoms with E-state index >= 15 is 0 Å². The van der Waals surface area contributed by atoms with E-state index in [2.05, 4.69) is 41.4 Å². The maximum absolute atomic E-state index is 5.95. The molecule has 1 aromatic rings. The molecule has 2 saturated heterocycles. The van der Waals surface area contributed by atoms with Gasteiger partial charge in [-0.25, -0.2) is 0 Å². The van der Waals surface area contributed by atoms with E-state index in [0.29, 0.717) is 0 Å². The highest BCUT2D eigenvalue weighted by atomic mass is 32.2. The van der Waals surface area contributed by atoms with Crippen molar-refractivity contribution in [1.29, 1.82) is 0 Å². The smallest absolute Gasteiger partial charge is 0.194 e. The number of hydrogen-bond acceptors (Lipinski definition) is 4. The molecule has 138 valence electrons. The SMILES string of the molecule is CCNC(=NCCSc1ccccc1)N1CCOC(C2CCCO2)C1. The van der Waals surface area contributed by atoms with Crippen LogP contribution in [0.25, 0.3) is 0 Å². The summed E-state index contributed by atoms with van der Waals surface area (Å²) in [5.41, 5.74) is 0. The molecular formula is C19H29N3O2S. The fraction of sp³-hybridized carbons (Fsp3) is 0.632. The molecule has 6 heteroatoms. The van der Waals surface area contributed by atoms with Gasteiger partial charge >= 0.3 is 0 Å². The van der Waals surface area contributed by atoms with E-state index in [9.17, 15) is 0 Å². The molecule has 2 unspecified atom stereocenters. The zero-order valence-electron chi connectivity index (χ0n) is 15.0. The molecular weight excluding hydrogens is 334 g/mol. The molecule has 0 aliphatic carbocycles. The molecule has 5 nitrogen and oxygen atoms in total. The largest absolute Gasteiger partial charge is 0.375 e. The van der Waals surface area contributed by atoms with Crippen LogP contribution in [0.1, 0.15) is 19.8 Å². The normalized spacial score (nSPS) is 24.5. The highest BCUT2D eigenvalue weighted by Gasteiger charge is 2.32. The Bertz CT molecular complexity index is 535. The Balaban J connectivity index is 1.51. The Morgan fingerprint density at radius 1 is 1.24 bits per heavy atom. The van der Waals surface area contributed by atoms with Crippen LogP contribution in [0.3, 0.4) is 0 Å².